The van der Waals surface area contributed by atoms with Crippen LogP contribution >= 0.6 is 11.8 Å². The number of benzene rings is 1. The van der Waals surface area contributed by atoms with E-state index in [0.717, 1.165) is 30.6 Å². The molecular formula is C10H10F3NS. The van der Waals surface area contributed by atoms with Gasteiger partial charge in [-0.1, -0.05) is 0 Å². The van der Waals surface area contributed by atoms with Crippen molar-refractivity contribution in [3.8, 4) is 0 Å². The number of rotatable bonds is 1. The minimum absolute atomic E-state index is 0.0542. The van der Waals surface area contributed by atoms with Crippen molar-refractivity contribution in [3.63, 3.8) is 0 Å². The molecule has 1 N–H and O–H groups in total. The van der Waals surface area contributed by atoms with E-state index in [4.69, 9.17) is 0 Å². The zero-order valence-corrected chi connectivity index (χ0v) is 8.71. The molecule has 1 aliphatic rings. The highest BCUT2D eigenvalue weighted by atomic mass is 32.2. The third kappa shape index (κ3) is 2.81. The maximum Gasteiger partial charge on any atom is 0.446 e. The summed E-state index contributed by atoms with van der Waals surface area (Å²) in [6.07, 6.45) is 1.84. The van der Waals surface area contributed by atoms with E-state index in [2.05, 4.69) is 5.32 Å². The molecule has 0 spiro atoms. The minimum Gasteiger partial charge on any atom is -0.385 e. The summed E-state index contributed by atoms with van der Waals surface area (Å²) in [5.41, 5.74) is -2.25. The lowest BCUT2D eigenvalue weighted by Crippen LogP contribution is -2.11. The quantitative estimate of drug-likeness (QED) is 0.743. The van der Waals surface area contributed by atoms with Crippen molar-refractivity contribution in [2.24, 2.45) is 0 Å². The maximum atomic E-state index is 12.1. The first-order valence-electron chi connectivity index (χ1n) is 4.67. The van der Waals surface area contributed by atoms with E-state index in [0.29, 0.717) is 0 Å². The van der Waals surface area contributed by atoms with Gasteiger partial charge >= 0.3 is 5.51 Å². The number of halogens is 3. The number of thioether (sulfide) groups is 1. The number of nitrogens with one attached hydrogen (secondary N) is 1. The van der Waals surface area contributed by atoms with Crippen LogP contribution in [0.1, 0.15) is 12.0 Å². The van der Waals surface area contributed by atoms with Gasteiger partial charge in [0, 0.05) is 17.1 Å². The number of fused-ring (bicyclic) bond motifs is 1. The summed E-state index contributed by atoms with van der Waals surface area (Å²) >= 11 is -0.0542. The zero-order valence-electron chi connectivity index (χ0n) is 7.90. The Morgan fingerprint density at radius 3 is 2.80 bits per heavy atom. The second-order valence-electron chi connectivity index (χ2n) is 3.40. The normalized spacial score (nSPS) is 15.7. The molecule has 0 radical (unpaired) electrons. The molecule has 5 heteroatoms. The van der Waals surface area contributed by atoms with E-state index in [1.165, 1.54) is 6.07 Å². The number of aryl methyl sites for hydroxylation is 1. The molecule has 0 aromatic heterocycles. The molecule has 0 saturated heterocycles. The predicted octanol–water partition coefficient (Wildman–Crippen LogP) is 3.66. The van der Waals surface area contributed by atoms with Crippen molar-refractivity contribution in [3.05, 3.63) is 23.8 Å². The van der Waals surface area contributed by atoms with E-state index in [-0.39, 0.29) is 16.7 Å². The molecule has 1 aliphatic heterocycles. The molecule has 1 heterocycles. The summed E-state index contributed by atoms with van der Waals surface area (Å²) in [5.74, 6) is 0. The first-order chi connectivity index (χ1) is 7.04. The Kier molecular flexibility index (Phi) is 2.82. The molecular weight excluding hydrogens is 223 g/mol. The predicted molar refractivity (Wildman–Crippen MR) is 55.2 cm³/mol. The Labute approximate surface area is 90.1 Å². The number of hydrogen-bond acceptors (Lipinski definition) is 2. The van der Waals surface area contributed by atoms with Crippen molar-refractivity contribution in [1.29, 1.82) is 0 Å². The Hall–Kier alpha value is -0.840. The van der Waals surface area contributed by atoms with Gasteiger partial charge in [0.2, 0.25) is 0 Å². The molecule has 82 valence electrons. The lowest BCUT2D eigenvalue weighted by atomic mass is 10.0. The summed E-state index contributed by atoms with van der Waals surface area (Å²) in [5, 5.41) is 3.16. The lowest BCUT2D eigenvalue weighted by molar-refractivity contribution is -0.0328. The highest BCUT2D eigenvalue weighted by molar-refractivity contribution is 8.00. The fourth-order valence-electron chi connectivity index (χ4n) is 1.65. The van der Waals surface area contributed by atoms with Crippen LogP contribution < -0.4 is 5.32 Å². The first-order valence-corrected chi connectivity index (χ1v) is 5.49. The molecule has 15 heavy (non-hydrogen) atoms. The van der Waals surface area contributed by atoms with Crippen LogP contribution in [0.5, 0.6) is 0 Å². The van der Waals surface area contributed by atoms with Gasteiger partial charge in [-0.25, -0.2) is 0 Å². The minimum atomic E-state index is -4.20. The van der Waals surface area contributed by atoms with E-state index in [1.807, 2.05) is 0 Å². The average molecular weight is 233 g/mol. The highest BCUT2D eigenvalue weighted by Gasteiger charge is 2.29. The van der Waals surface area contributed by atoms with E-state index in [1.54, 1.807) is 12.1 Å². The first kappa shape index (κ1) is 10.7. The number of hydrogen-bond donors (Lipinski definition) is 1. The van der Waals surface area contributed by atoms with Gasteiger partial charge in [-0.3, -0.25) is 0 Å². The smallest absolute Gasteiger partial charge is 0.385 e. The van der Waals surface area contributed by atoms with Crippen LogP contribution in [0.2, 0.25) is 0 Å². The molecule has 0 saturated carbocycles. The molecule has 0 unspecified atom stereocenters. The summed E-state index contributed by atoms with van der Waals surface area (Å²) in [7, 11) is 0. The third-order valence-corrected chi connectivity index (χ3v) is 2.97. The van der Waals surface area contributed by atoms with Crippen LogP contribution in [0.4, 0.5) is 18.9 Å². The standard InChI is InChI=1S/C10H10F3NS/c11-10(12,13)15-8-3-4-9-7(6-8)2-1-5-14-9/h3-4,6,14H,1-2,5H2. The van der Waals surface area contributed by atoms with Crippen molar-refractivity contribution >= 4 is 17.4 Å². The average Bonchev–Trinajstić information content (AvgIpc) is 2.15. The second-order valence-corrected chi connectivity index (χ2v) is 4.54. The van der Waals surface area contributed by atoms with Crippen LogP contribution in [0, 0.1) is 0 Å². The molecule has 0 bridgehead atoms. The van der Waals surface area contributed by atoms with Crippen molar-refractivity contribution in [2.45, 2.75) is 23.2 Å². The van der Waals surface area contributed by atoms with Gasteiger partial charge in [0.25, 0.3) is 0 Å². The Morgan fingerprint density at radius 2 is 2.07 bits per heavy atom. The number of alkyl halides is 3. The van der Waals surface area contributed by atoms with Gasteiger partial charge in [-0.15, -0.1) is 0 Å². The second kappa shape index (κ2) is 3.96. The SMILES string of the molecule is FC(F)(F)Sc1ccc2c(c1)CCCN2. The van der Waals surface area contributed by atoms with Gasteiger partial charge in [-0.05, 0) is 48.4 Å². The van der Waals surface area contributed by atoms with Crippen LogP contribution in [0.25, 0.3) is 0 Å². The fourth-order valence-corrected chi connectivity index (χ4v) is 2.25. The Morgan fingerprint density at radius 1 is 1.27 bits per heavy atom. The van der Waals surface area contributed by atoms with Crippen molar-refractivity contribution < 1.29 is 13.2 Å². The lowest BCUT2D eigenvalue weighted by Gasteiger charge is -2.18. The Bertz CT molecular complexity index is 362. The molecule has 0 atom stereocenters. The highest BCUT2D eigenvalue weighted by Crippen LogP contribution is 2.38. The van der Waals surface area contributed by atoms with Crippen LogP contribution in [-0.2, 0) is 6.42 Å². The fraction of sp³-hybridized carbons (Fsp3) is 0.400. The van der Waals surface area contributed by atoms with Crippen LogP contribution in [0.15, 0.2) is 23.1 Å². The van der Waals surface area contributed by atoms with E-state index < -0.39 is 5.51 Å². The van der Waals surface area contributed by atoms with E-state index in [9.17, 15) is 13.2 Å². The molecule has 0 fully saturated rings. The van der Waals surface area contributed by atoms with Gasteiger partial charge in [0.05, 0.1) is 0 Å². The van der Waals surface area contributed by atoms with Gasteiger partial charge < -0.3 is 5.32 Å². The Balaban J connectivity index is 2.21. The van der Waals surface area contributed by atoms with Gasteiger partial charge in [-0.2, -0.15) is 13.2 Å². The summed E-state index contributed by atoms with van der Waals surface area (Å²) in [6, 6.07) is 4.86. The van der Waals surface area contributed by atoms with Gasteiger partial charge in [0.15, 0.2) is 0 Å². The summed E-state index contributed by atoms with van der Waals surface area (Å²) in [6.45, 7) is 0.902. The maximum absolute atomic E-state index is 12.1. The van der Waals surface area contributed by atoms with Crippen LogP contribution in [0.3, 0.4) is 0 Å². The third-order valence-electron chi connectivity index (χ3n) is 2.25. The van der Waals surface area contributed by atoms with Crippen LogP contribution in [-0.4, -0.2) is 12.1 Å². The van der Waals surface area contributed by atoms with Crippen molar-refractivity contribution in [2.75, 3.05) is 11.9 Å². The zero-order chi connectivity index (χ0) is 10.9. The molecule has 1 nitrogen and oxygen atoms in total. The summed E-state index contributed by atoms with van der Waals surface area (Å²) in [4.78, 5) is 0.268. The molecule has 0 aliphatic carbocycles. The molecule has 1 aromatic carbocycles. The van der Waals surface area contributed by atoms with Gasteiger partial charge in [0.1, 0.15) is 0 Å². The largest absolute Gasteiger partial charge is 0.446 e. The summed E-state index contributed by atoms with van der Waals surface area (Å²) < 4.78 is 36.4. The molecule has 2 rings (SSSR count). The molecule has 1 aromatic rings. The van der Waals surface area contributed by atoms with E-state index >= 15 is 0 Å². The number of anilines is 1. The van der Waals surface area contributed by atoms with Crippen molar-refractivity contribution in [1.82, 2.24) is 0 Å². The topological polar surface area (TPSA) is 12.0 Å². The molecule has 0 amide bonds. The monoisotopic (exact) mass is 233 g/mol.